The van der Waals surface area contributed by atoms with E-state index in [1.807, 2.05) is 13.8 Å². The summed E-state index contributed by atoms with van der Waals surface area (Å²) in [6.45, 7) is 10.2. The van der Waals surface area contributed by atoms with Crippen LogP contribution < -0.4 is 5.32 Å². The zero-order valence-electron chi connectivity index (χ0n) is 17.3. The fraction of sp³-hybridized carbons (Fsp3) is 0.632. The SMILES string of the molecule is C[C@@H]1CN(C(C)(C)CNC(=O)c2cc(S(=O)(=O)N(C)C)ccc2Cl)C[C@H](C)O1. The average Bonchev–Trinajstić information content (AvgIpc) is 2.59. The molecule has 1 fully saturated rings. The van der Waals surface area contributed by atoms with E-state index in [9.17, 15) is 13.2 Å². The molecule has 9 heteroatoms. The van der Waals surface area contributed by atoms with Gasteiger partial charge in [-0.15, -0.1) is 0 Å². The first kappa shape index (κ1) is 23.1. The van der Waals surface area contributed by atoms with Crippen molar-refractivity contribution in [1.82, 2.24) is 14.5 Å². The molecule has 1 N–H and O–H groups in total. The third-order valence-corrected chi connectivity index (χ3v) is 7.06. The number of hydrogen-bond acceptors (Lipinski definition) is 5. The molecule has 2 rings (SSSR count). The smallest absolute Gasteiger partial charge is 0.252 e. The highest BCUT2D eigenvalue weighted by atomic mass is 35.5. The highest BCUT2D eigenvalue weighted by Crippen LogP contribution is 2.24. The molecule has 1 aliphatic heterocycles. The zero-order valence-corrected chi connectivity index (χ0v) is 18.9. The zero-order chi connectivity index (χ0) is 21.3. The molecule has 28 heavy (non-hydrogen) atoms. The molecule has 0 saturated carbocycles. The molecular formula is C19H30ClN3O4S. The van der Waals surface area contributed by atoms with Crippen molar-refractivity contribution in [2.24, 2.45) is 0 Å². The van der Waals surface area contributed by atoms with Gasteiger partial charge in [0.2, 0.25) is 10.0 Å². The minimum Gasteiger partial charge on any atom is -0.373 e. The van der Waals surface area contributed by atoms with Gasteiger partial charge in [0.15, 0.2) is 0 Å². The summed E-state index contributed by atoms with van der Waals surface area (Å²) in [7, 11) is -0.768. The first-order chi connectivity index (χ1) is 12.8. The lowest BCUT2D eigenvalue weighted by molar-refractivity contribution is -0.0948. The van der Waals surface area contributed by atoms with E-state index in [-0.39, 0.29) is 33.2 Å². The van der Waals surface area contributed by atoms with E-state index < -0.39 is 15.9 Å². The van der Waals surface area contributed by atoms with Crippen LogP contribution in [0.4, 0.5) is 0 Å². The van der Waals surface area contributed by atoms with Crippen molar-refractivity contribution >= 4 is 27.5 Å². The molecule has 2 atom stereocenters. The number of sulfonamides is 1. The second-order valence-corrected chi connectivity index (χ2v) is 10.6. The Morgan fingerprint density at radius 3 is 2.39 bits per heavy atom. The van der Waals surface area contributed by atoms with Gasteiger partial charge in [0, 0.05) is 39.3 Å². The maximum Gasteiger partial charge on any atom is 0.252 e. The van der Waals surface area contributed by atoms with Crippen molar-refractivity contribution < 1.29 is 17.9 Å². The lowest BCUT2D eigenvalue weighted by atomic mass is 10.00. The fourth-order valence-electron chi connectivity index (χ4n) is 3.23. The first-order valence-corrected chi connectivity index (χ1v) is 11.1. The molecule has 1 aromatic rings. The third kappa shape index (κ3) is 5.24. The molecular weight excluding hydrogens is 402 g/mol. The van der Waals surface area contributed by atoms with E-state index in [0.717, 1.165) is 17.4 Å². The molecule has 7 nitrogen and oxygen atoms in total. The van der Waals surface area contributed by atoms with Gasteiger partial charge in [-0.1, -0.05) is 11.6 Å². The van der Waals surface area contributed by atoms with Crippen molar-refractivity contribution in [2.45, 2.75) is 50.3 Å². The lowest BCUT2D eigenvalue weighted by Gasteiger charge is -2.45. The van der Waals surface area contributed by atoms with Crippen LogP contribution in [0.25, 0.3) is 0 Å². The summed E-state index contributed by atoms with van der Waals surface area (Å²) in [5.74, 6) is -0.400. The van der Waals surface area contributed by atoms with Gasteiger partial charge in [0.1, 0.15) is 0 Å². The van der Waals surface area contributed by atoms with Gasteiger partial charge >= 0.3 is 0 Å². The predicted octanol–water partition coefficient (Wildman–Crippen LogP) is 2.21. The quantitative estimate of drug-likeness (QED) is 0.747. The molecule has 1 aliphatic rings. The van der Waals surface area contributed by atoms with Crippen LogP contribution in [-0.4, -0.2) is 75.0 Å². The Kier molecular flexibility index (Phi) is 7.15. The Hall–Kier alpha value is -1.19. The Morgan fingerprint density at radius 1 is 1.29 bits per heavy atom. The first-order valence-electron chi connectivity index (χ1n) is 9.25. The molecule has 0 aromatic heterocycles. The van der Waals surface area contributed by atoms with Gasteiger partial charge in [-0.25, -0.2) is 12.7 Å². The molecule has 1 amide bonds. The molecule has 158 valence electrons. The minimum absolute atomic E-state index is 0.0298. The van der Waals surface area contributed by atoms with Crippen LogP contribution in [-0.2, 0) is 14.8 Å². The van der Waals surface area contributed by atoms with Crippen molar-refractivity contribution in [1.29, 1.82) is 0 Å². The number of hydrogen-bond donors (Lipinski definition) is 1. The van der Waals surface area contributed by atoms with E-state index in [1.165, 1.54) is 32.3 Å². The number of amides is 1. The number of nitrogens with one attached hydrogen (secondary N) is 1. The Morgan fingerprint density at radius 2 is 1.86 bits per heavy atom. The average molecular weight is 432 g/mol. The van der Waals surface area contributed by atoms with Crippen LogP contribution in [0, 0.1) is 0 Å². The highest BCUT2D eigenvalue weighted by Gasteiger charge is 2.33. The molecule has 0 unspecified atom stereocenters. The van der Waals surface area contributed by atoms with Crippen LogP contribution in [0.15, 0.2) is 23.1 Å². The van der Waals surface area contributed by atoms with Crippen LogP contribution in [0.5, 0.6) is 0 Å². The summed E-state index contributed by atoms with van der Waals surface area (Å²) in [6.07, 6.45) is 0.252. The van der Waals surface area contributed by atoms with Gasteiger partial charge in [0.25, 0.3) is 5.91 Å². The number of nitrogens with zero attached hydrogens (tertiary/aromatic N) is 2. The van der Waals surface area contributed by atoms with Crippen molar-refractivity contribution in [3.63, 3.8) is 0 Å². The Bertz CT molecular complexity index is 816. The van der Waals surface area contributed by atoms with Crippen molar-refractivity contribution in [2.75, 3.05) is 33.7 Å². The largest absolute Gasteiger partial charge is 0.373 e. The van der Waals surface area contributed by atoms with E-state index in [4.69, 9.17) is 16.3 Å². The van der Waals surface area contributed by atoms with E-state index in [2.05, 4.69) is 24.1 Å². The van der Waals surface area contributed by atoms with Crippen LogP contribution in [0.2, 0.25) is 5.02 Å². The molecule has 1 heterocycles. The number of ether oxygens (including phenoxy) is 1. The lowest BCUT2D eigenvalue weighted by Crippen LogP contribution is -2.58. The normalized spacial score (nSPS) is 21.7. The summed E-state index contributed by atoms with van der Waals surface area (Å²) in [5.41, 5.74) is -0.147. The summed E-state index contributed by atoms with van der Waals surface area (Å²) in [5, 5.41) is 3.11. The third-order valence-electron chi connectivity index (χ3n) is 4.92. The topological polar surface area (TPSA) is 79.0 Å². The highest BCUT2D eigenvalue weighted by molar-refractivity contribution is 7.89. The van der Waals surface area contributed by atoms with Crippen LogP contribution in [0.3, 0.4) is 0 Å². The van der Waals surface area contributed by atoms with Crippen molar-refractivity contribution in [3.8, 4) is 0 Å². The van der Waals surface area contributed by atoms with Gasteiger partial charge in [-0.3, -0.25) is 9.69 Å². The maximum absolute atomic E-state index is 12.7. The molecule has 1 aromatic carbocycles. The number of benzene rings is 1. The van der Waals surface area contributed by atoms with Gasteiger partial charge in [-0.05, 0) is 45.9 Å². The molecule has 0 radical (unpaired) electrons. The van der Waals surface area contributed by atoms with Gasteiger partial charge < -0.3 is 10.1 Å². The van der Waals surface area contributed by atoms with Gasteiger partial charge in [0.05, 0.1) is 27.7 Å². The van der Waals surface area contributed by atoms with Gasteiger partial charge in [-0.2, -0.15) is 0 Å². The summed E-state index contributed by atoms with van der Waals surface area (Å²) in [4.78, 5) is 15.0. The number of morpholine rings is 1. The second kappa shape index (κ2) is 8.67. The van der Waals surface area contributed by atoms with E-state index >= 15 is 0 Å². The number of carbonyl (C=O) groups is 1. The number of halogens is 1. The second-order valence-electron chi connectivity index (χ2n) is 8.09. The Balaban J connectivity index is 2.14. The van der Waals surface area contributed by atoms with Crippen LogP contribution >= 0.6 is 11.6 Å². The number of carbonyl (C=O) groups excluding carboxylic acids is 1. The minimum atomic E-state index is -3.65. The predicted molar refractivity (Wildman–Crippen MR) is 110 cm³/mol. The maximum atomic E-state index is 12.7. The van der Waals surface area contributed by atoms with Crippen LogP contribution in [0.1, 0.15) is 38.1 Å². The Labute approximate surface area is 173 Å². The fourth-order valence-corrected chi connectivity index (χ4v) is 4.36. The monoisotopic (exact) mass is 431 g/mol. The van der Waals surface area contributed by atoms with Crippen molar-refractivity contribution in [3.05, 3.63) is 28.8 Å². The summed E-state index contributed by atoms with van der Waals surface area (Å²) < 4.78 is 31.5. The van der Waals surface area contributed by atoms with E-state index in [0.29, 0.717) is 6.54 Å². The summed E-state index contributed by atoms with van der Waals surface area (Å²) >= 11 is 6.16. The van der Waals surface area contributed by atoms with E-state index in [1.54, 1.807) is 0 Å². The molecule has 0 aliphatic carbocycles. The number of rotatable bonds is 6. The molecule has 1 saturated heterocycles. The standard InChI is InChI=1S/C19H30ClN3O4S/c1-13-10-23(11-14(2)27-13)19(3,4)12-21-18(24)16-9-15(7-8-17(16)20)28(25,26)22(5)6/h7-9,13-14H,10-12H2,1-6H3,(H,21,24)/t13-,14+. The summed E-state index contributed by atoms with van der Waals surface area (Å²) in [6, 6.07) is 4.15. The molecule has 0 spiro atoms. The molecule has 0 bridgehead atoms.